The van der Waals surface area contributed by atoms with E-state index in [-0.39, 0.29) is 16.9 Å². The van der Waals surface area contributed by atoms with Crippen LogP contribution in [0.1, 0.15) is 33.2 Å². The van der Waals surface area contributed by atoms with Gasteiger partial charge in [-0.05, 0) is 59.7 Å². The summed E-state index contributed by atoms with van der Waals surface area (Å²) in [7, 11) is 0. The standard InChI is InChI=1S/C26H20FN3O3/c1-16(29-30-26(33)24-22-11-3-2-6-17(22)12-13-23(24)31)18-7-5-10-21(15-18)28-25(32)19-8-4-9-20(27)14-19/h2-15,31H,1H3,(H,28,32)(H,30,33). The summed E-state index contributed by atoms with van der Waals surface area (Å²) in [6, 6.07) is 22.8. The Labute approximate surface area is 189 Å². The second kappa shape index (κ2) is 9.32. The Kier molecular flexibility index (Phi) is 6.13. The van der Waals surface area contributed by atoms with Crippen molar-refractivity contribution in [3.63, 3.8) is 0 Å². The predicted octanol–water partition coefficient (Wildman–Crippen LogP) is 5.09. The van der Waals surface area contributed by atoms with Crippen molar-refractivity contribution in [2.24, 2.45) is 5.10 Å². The molecule has 3 N–H and O–H groups in total. The highest BCUT2D eigenvalue weighted by Gasteiger charge is 2.15. The second-order valence-electron chi connectivity index (χ2n) is 7.36. The van der Waals surface area contributed by atoms with Crippen LogP contribution in [0.5, 0.6) is 5.75 Å². The van der Waals surface area contributed by atoms with Crippen LogP contribution in [0.4, 0.5) is 10.1 Å². The van der Waals surface area contributed by atoms with E-state index in [4.69, 9.17) is 0 Å². The van der Waals surface area contributed by atoms with E-state index < -0.39 is 17.6 Å². The number of anilines is 1. The molecule has 0 spiro atoms. The summed E-state index contributed by atoms with van der Waals surface area (Å²) in [6.45, 7) is 1.71. The third-order valence-corrected chi connectivity index (χ3v) is 5.08. The topological polar surface area (TPSA) is 90.8 Å². The van der Waals surface area contributed by atoms with Crippen molar-refractivity contribution >= 4 is 34.0 Å². The lowest BCUT2D eigenvalue weighted by molar-refractivity contribution is 0.0953. The average Bonchev–Trinajstić information content (AvgIpc) is 2.82. The van der Waals surface area contributed by atoms with Crippen molar-refractivity contribution < 1.29 is 19.1 Å². The molecule has 0 aliphatic rings. The highest BCUT2D eigenvalue weighted by Crippen LogP contribution is 2.27. The molecule has 4 aromatic rings. The fourth-order valence-corrected chi connectivity index (χ4v) is 3.41. The first-order chi connectivity index (χ1) is 15.9. The number of hydrazone groups is 1. The molecule has 0 aromatic heterocycles. The molecule has 4 rings (SSSR count). The number of phenols is 1. The molecule has 6 nitrogen and oxygen atoms in total. The number of amides is 2. The number of nitrogens with zero attached hydrogens (tertiary/aromatic N) is 1. The van der Waals surface area contributed by atoms with Gasteiger partial charge in [-0.1, -0.05) is 48.5 Å². The SMILES string of the molecule is CC(=NNC(=O)c1c(O)ccc2ccccc12)c1cccc(NC(=O)c2cccc(F)c2)c1. The first-order valence-electron chi connectivity index (χ1n) is 10.1. The van der Waals surface area contributed by atoms with Gasteiger partial charge in [-0.25, -0.2) is 9.82 Å². The van der Waals surface area contributed by atoms with Gasteiger partial charge in [0.25, 0.3) is 11.8 Å². The Morgan fingerprint density at radius 2 is 1.61 bits per heavy atom. The maximum absolute atomic E-state index is 13.4. The summed E-state index contributed by atoms with van der Waals surface area (Å²) in [4.78, 5) is 25.1. The molecule has 0 saturated carbocycles. The van der Waals surface area contributed by atoms with E-state index in [1.165, 1.54) is 24.3 Å². The van der Waals surface area contributed by atoms with Crippen LogP contribution in [0, 0.1) is 5.82 Å². The average molecular weight is 441 g/mol. The van der Waals surface area contributed by atoms with E-state index in [0.717, 1.165) is 11.5 Å². The maximum Gasteiger partial charge on any atom is 0.275 e. The van der Waals surface area contributed by atoms with E-state index in [0.29, 0.717) is 22.3 Å². The zero-order valence-corrected chi connectivity index (χ0v) is 17.7. The number of carbonyl (C=O) groups excluding carboxylic acids is 2. The molecular formula is C26H20FN3O3. The first-order valence-corrected chi connectivity index (χ1v) is 10.1. The molecule has 4 aromatic carbocycles. The summed E-state index contributed by atoms with van der Waals surface area (Å²) >= 11 is 0. The molecule has 0 aliphatic heterocycles. The Morgan fingerprint density at radius 3 is 2.42 bits per heavy atom. The molecular weight excluding hydrogens is 421 g/mol. The van der Waals surface area contributed by atoms with E-state index in [1.54, 1.807) is 49.4 Å². The highest BCUT2D eigenvalue weighted by atomic mass is 19.1. The van der Waals surface area contributed by atoms with Gasteiger partial charge in [0, 0.05) is 11.3 Å². The monoisotopic (exact) mass is 441 g/mol. The molecule has 0 fully saturated rings. The number of rotatable bonds is 5. The summed E-state index contributed by atoms with van der Waals surface area (Å²) in [6.07, 6.45) is 0. The maximum atomic E-state index is 13.4. The fourth-order valence-electron chi connectivity index (χ4n) is 3.41. The number of phenolic OH excluding ortho intramolecular Hbond substituents is 1. The summed E-state index contributed by atoms with van der Waals surface area (Å²) in [5, 5.41) is 18.5. The van der Waals surface area contributed by atoms with Crippen LogP contribution in [-0.4, -0.2) is 22.6 Å². The number of aromatic hydroxyl groups is 1. The summed E-state index contributed by atoms with van der Waals surface area (Å²) < 4.78 is 13.4. The van der Waals surface area contributed by atoms with E-state index in [9.17, 15) is 19.1 Å². The zero-order valence-electron chi connectivity index (χ0n) is 17.7. The van der Waals surface area contributed by atoms with Crippen molar-refractivity contribution in [2.75, 3.05) is 5.32 Å². The lowest BCUT2D eigenvalue weighted by Gasteiger charge is -2.09. The Bertz CT molecular complexity index is 1400. The lowest BCUT2D eigenvalue weighted by Crippen LogP contribution is -2.20. The van der Waals surface area contributed by atoms with Crippen molar-refractivity contribution in [1.29, 1.82) is 0 Å². The van der Waals surface area contributed by atoms with E-state index >= 15 is 0 Å². The molecule has 2 amide bonds. The van der Waals surface area contributed by atoms with Gasteiger partial charge < -0.3 is 10.4 Å². The third-order valence-electron chi connectivity index (χ3n) is 5.08. The molecule has 0 unspecified atom stereocenters. The lowest BCUT2D eigenvalue weighted by atomic mass is 10.0. The van der Waals surface area contributed by atoms with Crippen molar-refractivity contribution in [1.82, 2.24) is 5.43 Å². The normalized spacial score (nSPS) is 11.3. The minimum atomic E-state index is -0.542. The highest BCUT2D eigenvalue weighted by molar-refractivity contribution is 6.10. The molecule has 0 aliphatic carbocycles. The Balaban J connectivity index is 1.51. The van der Waals surface area contributed by atoms with Crippen molar-refractivity contribution in [3.05, 3.63) is 107 Å². The Hall–Kier alpha value is -4.52. The van der Waals surface area contributed by atoms with E-state index in [1.807, 2.05) is 12.1 Å². The molecule has 0 saturated heterocycles. The van der Waals surface area contributed by atoms with Gasteiger partial charge in [-0.15, -0.1) is 0 Å². The van der Waals surface area contributed by atoms with Crippen LogP contribution < -0.4 is 10.7 Å². The van der Waals surface area contributed by atoms with Crippen LogP contribution in [0.15, 0.2) is 90.0 Å². The van der Waals surface area contributed by atoms with Crippen LogP contribution >= 0.6 is 0 Å². The van der Waals surface area contributed by atoms with Gasteiger partial charge in [0.1, 0.15) is 11.6 Å². The van der Waals surface area contributed by atoms with Crippen molar-refractivity contribution in [2.45, 2.75) is 6.92 Å². The number of hydrogen-bond acceptors (Lipinski definition) is 4. The third kappa shape index (κ3) is 4.88. The predicted molar refractivity (Wildman–Crippen MR) is 126 cm³/mol. The van der Waals surface area contributed by atoms with Gasteiger partial charge in [-0.2, -0.15) is 5.10 Å². The van der Waals surface area contributed by atoms with Gasteiger partial charge in [-0.3, -0.25) is 9.59 Å². The minimum Gasteiger partial charge on any atom is -0.507 e. The van der Waals surface area contributed by atoms with Crippen LogP contribution in [-0.2, 0) is 0 Å². The van der Waals surface area contributed by atoms with Gasteiger partial charge in [0.15, 0.2) is 0 Å². The largest absolute Gasteiger partial charge is 0.507 e. The second-order valence-corrected chi connectivity index (χ2v) is 7.36. The van der Waals surface area contributed by atoms with Crippen molar-refractivity contribution in [3.8, 4) is 5.75 Å². The smallest absolute Gasteiger partial charge is 0.275 e. The zero-order chi connectivity index (χ0) is 23.4. The van der Waals surface area contributed by atoms with Gasteiger partial charge in [0.05, 0.1) is 11.3 Å². The van der Waals surface area contributed by atoms with E-state index in [2.05, 4.69) is 15.8 Å². The molecule has 7 heteroatoms. The van der Waals surface area contributed by atoms with Gasteiger partial charge >= 0.3 is 0 Å². The fraction of sp³-hybridized carbons (Fsp3) is 0.0385. The first kappa shape index (κ1) is 21.7. The molecule has 0 atom stereocenters. The molecule has 0 heterocycles. The van der Waals surface area contributed by atoms with Gasteiger partial charge in [0.2, 0.25) is 0 Å². The van der Waals surface area contributed by atoms with Crippen LogP contribution in [0.25, 0.3) is 10.8 Å². The number of hydrogen-bond donors (Lipinski definition) is 3. The summed E-state index contributed by atoms with van der Waals surface area (Å²) in [5.41, 5.74) is 4.47. The number of benzene rings is 4. The molecule has 33 heavy (non-hydrogen) atoms. The molecule has 0 bridgehead atoms. The molecule has 0 radical (unpaired) electrons. The number of halogens is 1. The minimum absolute atomic E-state index is 0.138. The quantitative estimate of drug-likeness (QED) is 0.298. The van der Waals surface area contributed by atoms with Crippen LogP contribution in [0.2, 0.25) is 0 Å². The van der Waals surface area contributed by atoms with Crippen LogP contribution in [0.3, 0.4) is 0 Å². The number of fused-ring (bicyclic) bond motifs is 1. The number of carbonyl (C=O) groups is 2. The number of nitrogens with one attached hydrogen (secondary N) is 2. The summed E-state index contributed by atoms with van der Waals surface area (Å²) in [5.74, 6) is -1.62. The Morgan fingerprint density at radius 1 is 0.848 bits per heavy atom. The molecule has 164 valence electrons.